The number of benzene rings is 1. The van der Waals surface area contributed by atoms with Gasteiger partial charge in [-0.05, 0) is 43.5 Å². The Morgan fingerprint density at radius 1 is 1.53 bits per heavy atom. The van der Waals surface area contributed by atoms with Crippen LogP contribution in [-0.4, -0.2) is 20.2 Å². The summed E-state index contributed by atoms with van der Waals surface area (Å²) in [5.41, 5.74) is 8.04. The number of hydrogen-bond donors (Lipinski definition) is 2. The summed E-state index contributed by atoms with van der Waals surface area (Å²) in [6, 6.07) is 6.01. The van der Waals surface area contributed by atoms with E-state index in [0.717, 1.165) is 36.9 Å². The van der Waals surface area contributed by atoms with E-state index in [1.807, 2.05) is 12.1 Å². The number of para-hydroxylation sites is 1. The Kier molecular flexibility index (Phi) is 3.11. The van der Waals surface area contributed by atoms with Crippen LogP contribution in [0.4, 0.5) is 5.69 Å². The van der Waals surface area contributed by atoms with Gasteiger partial charge in [-0.25, -0.2) is 0 Å². The SMILES string of the molecule is COc1cccc(CC2CCNC2)c1N. The quantitative estimate of drug-likeness (QED) is 0.735. The molecule has 1 atom stereocenters. The van der Waals surface area contributed by atoms with E-state index < -0.39 is 0 Å². The van der Waals surface area contributed by atoms with Gasteiger partial charge in [0.05, 0.1) is 12.8 Å². The lowest BCUT2D eigenvalue weighted by Gasteiger charge is -2.13. The first kappa shape index (κ1) is 10.3. The minimum Gasteiger partial charge on any atom is -0.495 e. The van der Waals surface area contributed by atoms with E-state index in [4.69, 9.17) is 10.5 Å². The third-order valence-electron chi connectivity index (χ3n) is 3.05. The number of nitrogen functional groups attached to an aromatic ring is 1. The maximum atomic E-state index is 6.03. The van der Waals surface area contributed by atoms with Gasteiger partial charge in [0.1, 0.15) is 5.75 Å². The molecular weight excluding hydrogens is 188 g/mol. The summed E-state index contributed by atoms with van der Waals surface area (Å²) in [5.74, 6) is 1.51. The van der Waals surface area contributed by atoms with Crippen molar-refractivity contribution in [1.29, 1.82) is 0 Å². The molecule has 15 heavy (non-hydrogen) atoms. The van der Waals surface area contributed by atoms with Crippen LogP contribution in [-0.2, 0) is 6.42 Å². The molecule has 1 heterocycles. The molecule has 0 saturated carbocycles. The fraction of sp³-hybridized carbons (Fsp3) is 0.500. The Bertz CT molecular complexity index is 332. The molecule has 1 aliphatic heterocycles. The van der Waals surface area contributed by atoms with Crippen molar-refractivity contribution in [2.75, 3.05) is 25.9 Å². The zero-order valence-electron chi connectivity index (χ0n) is 9.12. The van der Waals surface area contributed by atoms with Gasteiger partial charge in [0.15, 0.2) is 0 Å². The van der Waals surface area contributed by atoms with E-state index in [1.54, 1.807) is 7.11 Å². The van der Waals surface area contributed by atoms with Crippen molar-refractivity contribution in [3.05, 3.63) is 23.8 Å². The molecule has 0 amide bonds. The third kappa shape index (κ3) is 2.23. The van der Waals surface area contributed by atoms with Crippen molar-refractivity contribution in [3.8, 4) is 5.75 Å². The molecule has 0 aliphatic carbocycles. The molecule has 2 rings (SSSR count). The van der Waals surface area contributed by atoms with Crippen LogP contribution in [0.3, 0.4) is 0 Å². The zero-order valence-corrected chi connectivity index (χ0v) is 9.12. The highest BCUT2D eigenvalue weighted by atomic mass is 16.5. The summed E-state index contributed by atoms with van der Waals surface area (Å²) in [6.45, 7) is 2.24. The normalized spacial score (nSPS) is 20.5. The molecular formula is C12H18N2O. The number of nitrogens with two attached hydrogens (primary N) is 1. The number of ether oxygens (including phenoxy) is 1. The summed E-state index contributed by atoms with van der Waals surface area (Å²) in [5, 5.41) is 3.37. The van der Waals surface area contributed by atoms with Crippen LogP contribution in [0.25, 0.3) is 0 Å². The van der Waals surface area contributed by atoms with Gasteiger partial charge in [-0.2, -0.15) is 0 Å². The zero-order chi connectivity index (χ0) is 10.7. The smallest absolute Gasteiger partial charge is 0.142 e. The van der Waals surface area contributed by atoms with Crippen LogP contribution in [0.15, 0.2) is 18.2 Å². The molecule has 1 aromatic rings. The van der Waals surface area contributed by atoms with E-state index in [2.05, 4.69) is 11.4 Å². The van der Waals surface area contributed by atoms with Gasteiger partial charge in [0, 0.05) is 0 Å². The number of nitrogens with one attached hydrogen (secondary N) is 1. The van der Waals surface area contributed by atoms with Crippen molar-refractivity contribution in [2.45, 2.75) is 12.8 Å². The molecule has 82 valence electrons. The topological polar surface area (TPSA) is 47.3 Å². The predicted octanol–water partition coefficient (Wildman–Crippen LogP) is 1.43. The van der Waals surface area contributed by atoms with Gasteiger partial charge in [-0.1, -0.05) is 12.1 Å². The average molecular weight is 206 g/mol. The molecule has 3 nitrogen and oxygen atoms in total. The molecule has 0 aromatic heterocycles. The molecule has 1 aliphatic rings. The van der Waals surface area contributed by atoms with Crippen molar-refractivity contribution >= 4 is 5.69 Å². The Morgan fingerprint density at radius 3 is 3.07 bits per heavy atom. The van der Waals surface area contributed by atoms with E-state index in [1.165, 1.54) is 12.0 Å². The van der Waals surface area contributed by atoms with E-state index in [9.17, 15) is 0 Å². The van der Waals surface area contributed by atoms with Gasteiger partial charge < -0.3 is 15.8 Å². The van der Waals surface area contributed by atoms with Crippen LogP contribution in [0, 0.1) is 5.92 Å². The summed E-state index contributed by atoms with van der Waals surface area (Å²) in [4.78, 5) is 0. The minimum absolute atomic E-state index is 0.722. The number of hydrogen-bond acceptors (Lipinski definition) is 3. The highest BCUT2D eigenvalue weighted by molar-refractivity contribution is 5.58. The molecule has 0 radical (unpaired) electrons. The first-order valence-corrected chi connectivity index (χ1v) is 5.43. The van der Waals surface area contributed by atoms with Crippen molar-refractivity contribution in [2.24, 2.45) is 5.92 Å². The summed E-state index contributed by atoms with van der Waals surface area (Å²) in [7, 11) is 1.66. The van der Waals surface area contributed by atoms with Gasteiger partial charge in [-0.15, -0.1) is 0 Å². The highest BCUT2D eigenvalue weighted by Gasteiger charge is 2.16. The molecule has 1 unspecified atom stereocenters. The Morgan fingerprint density at radius 2 is 2.40 bits per heavy atom. The second-order valence-electron chi connectivity index (χ2n) is 4.10. The fourth-order valence-electron chi connectivity index (χ4n) is 2.15. The van der Waals surface area contributed by atoms with E-state index >= 15 is 0 Å². The molecule has 1 saturated heterocycles. The molecule has 1 aromatic carbocycles. The molecule has 0 bridgehead atoms. The first-order chi connectivity index (χ1) is 7.31. The molecule has 0 spiro atoms. The third-order valence-corrected chi connectivity index (χ3v) is 3.05. The lowest BCUT2D eigenvalue weighted by molar-refractivity contribution is 0.416. The van der Waals surface area contributed by atoms with Crippen LogP contribution < -0.4 is 15.8 Å². The van der Waals surface area contributed by atoms with Crippen LogP contribution in [0.1, 0.15) is 12.0 Å². The van der Waals surface area contributed by atoms with Gasteiger partial charge in [-0.3, -0.25) is 0 Å². The monoisotopic (exact) mass is 206 g/mol. The molecule has 3 heteroatoms. The van der Waals surface area contributed by atoms with E-state index in [0.29, 0.717) is 0 Å². The average Bonchev–Trinajstić information content (AvgIpc) is 2.74. The predicted molar refractivity (Wildman–Crippen MR) is 62.1 cm³/mol. The summed E-state index contributed by atoms with van der Waals surface area (Å²) >= 11 is 0. The standard InChI is InChI=1S/C12H18N2O/c1-15-11-4-2-3-10(12(11)13)7-9-5-6-14-8-9/h2-4,9,14H,5-8,13H2,1H3. The summed E-state index contributed by atoms with van der Waals surface area (Å²) < 4.78 is 5.21. The van der Waals surface area contributed by atoms with Crippen molar-refractivity contribution in [1.82, 2.24) is 5.32 Å². The lowest BCUT2D eigenvalue weighted by Crippen LogP contribution is -2.11. The van der Waals surface area contributed by atoms with Crippen molar-refractivity contribution in [3.63, 3.8) is 0 Å². The maximum Gasteiger partial charge on any atom is 0.142 e. The Balaban J connectivity index is 2.13. The Hall–Kier alpha value is -1.22. The summed E-state index contributed by atoms with van der Waals surface area (Å²) in [6.07, 6.45) is 2.30. The second-order valence-corrected chi connectivity index (χ2v) is 4.10. The molecule has 1 fully saturated rings. The maximum absolute atomic E-state index is 6.03. The van der Waals surface area contributed by atoms with Crippen LogP contribution in [0.5, 0.6) is 5.75 Å². The van der Waals surface area contributed by atoms with Crippen molar-refractivity contribution < 1.29 is 4.74 Å². The van der Waals surface area contributed by atoms with Gasteiger partial charge >= 0.3 is 0 Å². The van der Waals surface area contributed by atoms with Gasteiger partial charge in [0.2, 0.25) is 0 Å². The first-order valence-electron chi connectivity index (χ1n) is 5.43. The number of anilines is 1. The van der Waals surface area contributed by atoms with Gasteiger partial charge in [0.25, 0.3) is 0 Å². The molecule has 3 N–H and O–H groups in total. The number of methoxy groups -OCH3 is 1. The van der Waals surface area contributed by atoms with Crippen LogP contribution in [0.2, 0.25) is 0 Å². The lowest BCUT2D eigenvalue weighted by atomic mass is 9.97. The van der Waals surface area contributed by atoms with Crippen LogP contribution >= 0.6 is 0 Å². The Labute approximate surface area is 90.6 Å². The van der Waals surface area contributed by atoms with E-state index in [-0.39, 0.29) is 0 Å². The number of rotatable bonds is 3. The fourth-order valence-corrected chi connectivity index (χ4v) is 2.15. The largest absolute Gasteiger partial charge is 0.495 e. The second kappa shape index (κ2) is 4.53. The highest BCUT2D eigenvalue weighted by Crippen LogP contribution is 2.27. The minimum atomic E-state index is 0.722.